The molecule has 0 bridgehead atoms. The lowest BCUT2D eigenvalue weighted by Gasteiger charge is -2.13. The number of nitrogens with one attached hydrogen (secondary N) is 2. The Kier molecular flexibility index (Phi) is 5.10. The molecule has 0 radical (unpaired) electrons. The van der Waals surface area contributed by atoms with E-state index in [-0.39, 0.29) is 17.1 Å². The van der Waals surface area contributed by atoms with E-state index in [0.717, 1.165) is 22.7 Å². The first kappa shape index (κ1) is 18.6. The van der Waals surface area contributed by atoms with E-state index in [2.05, 4.69) is 15.6 Å². The van der Waals surface area contributed by atoms with E-state index < -0.39 is 29.0 Å². The van der Waals surface area contributed by atoms with Gasteiger partial charge in [-0.3, -0.25) is 14.6 Å². The third kappa shape index (κ3) is 3.50. The van der Waals surface area contributed by atoms with E-state index in [0.29, 0.717) is 16.9 Å². The normalized spacial score (nSPS) is 12.6. The quantitative estimate of drug-likeness (QED) is 0.670. The largest absolute Gasteiger partial charge is 0.351 e. The molecule has 2 aromatic carbocycles. The van der Waals surface area contributed by atoms with Gasteiger partial charge in [0.2, 0.25) is 0 Å². The lowest BCUT2D eigenvalue weighted by molar-refractivity contribution is 0.0943. The highest BCUT2D eigenvalue weighted by molar-refractivity contribution is 7.99. The van der Waals surface area contributed by atoms with E-state index in [4.69, 9.17) is 0 Å². The zero-order valence-electron chi connectivity index (χ0n) is 14.3. The number of fused-ring (bicyclic) bond motifs is 2. The lowest BCUT2D eigenvalue weighted by Crippen LogP contribution is -2.28. The summed E-state index contributed by atoms with van der Waals surface area (Å²) in [4.78, 5) is 30.4. The summed E-state index contributed by atoms with van der Waals surface area (Å²) >= 11 is 2.50. The minimum Gasteiger partial charge on any atom is -0.351 e. The summed E-state index contributed by atoms with van der Waals surface area (Å²) in [5.74, 6) is -3.45. The van der Waals surface area contributed by atoms with Gasteiger partial charge in [-0.05, 0) is 18.2 Å². The fourth-order valence-corrected chi connectivity index (χ4v) is 4.46. The smallest absolute Gasteiger partial charge is 0.257 e. The molecular formula is C19H13F2N3O2S2. The Balaban J connectivity index is 1.61. The van der Waals surface area contributed by atoms with Crippen LogP contribution in [0.3, 0.4) is 0 Å². The van der Waals surface area contributed by atoms with Crippen molar-refractivity contribution >= 4 is 40.6 Å². The van der Waals surface area contributed by atoms with Gasteiger partial charge in [-0.2, -0.15) is 0 Å². The van der Waals surface area contributed by atoms with Crippen molar-refractivity contribution in [3.8, 4) is 0 Å². The Bertz CT molecular complexity index is 1070. The van der Waals surface area contributed by atoms with E-state index in [9.17, 15) is 14.0 Å². The number of benzene rings is 2. The molecule has 0 spiro atoms. The molecule has 2 amide bonds. The second kappa shape index (κ2) is 7.69. The van der Waals surface area contributed by atoms with E-state index in [1.165, 1.54) is 11.3 Å². The number of hydrogen-bond acceptors (Lipinski definition) is 5. The highest BCUT2D eigenvalue weighted by Gasteiger charge is 2.28. The van der Waals surface area contributed by atoms with Gasteiger partial charge < -0.3 is 10.6 Å². The fourth-order valence-electron chi connectivity index (χ4n) is 2.80. The molecule has 1 aliphatic heterocycles. The maximum Gasteiger partial charge on any atom is 0.257 e. The van der Waals surface area contributed by atoms with Crippen LogP contribution in [-0.2, 0) is 6.42 Å². The van der Waals surface area contributed by atoms with Crippen molar-refractivity contribution in [2.75, 3.05) is 11.9 Å². The molecule has 9 heteroatoms. The molecule has 2 N–H and O–H groups in total. The molecule has 0 saturated carbocycles. The molecule has 3 aromatic rings. The van der Waals surface area contributed by atoms with Gasteiger partial charge in [0.15, 0.2) is 5.82 Å². The molecule has 4 rings (SSSR count). The maximum absolute atomic E-state index is 15.0. The van der Waals surface area contributed by atoms with Crippen molar-refractivity contribution in [3.63, 3.8) is 0 Å². The summed E-state index contributed by atoms with van der Waals surface area (Å²) in [6.45, 7) is 0.212. The Morgan fingerprint density at radius 1 is 1.21 bits per heavy atom. The number of thiazole rings is 1. The lowest BCUT2D eigenvalue weighted by atomic mass is 10.1. The Hall–Kier alpha value is -2.78. The van der Waals surface area contributed by atoms with Crippen LogP contribution in [0.15, 0.2) is 51.8 Å². The summed E-state index contributed by atoms with van der Waals surface area (Å²) in [6.07, 6.45) is 2.18. The van der Waals surface area contributed by atoms with Gasteiger partial charge in [0.1, 0.15) is 11.4 Å². The maximum atomic E-state index is 15.0. The molecule has 0 unspecified atom stereocenters. The summed E-state index contributed by atoms with van der Waals surface area (Å²) in [5.41, 5.74) is 1.12. The fraction of sp³-hybridized carbons (Fsp3) is 0.105. The number of carbonyl (C=O) groups excluding carboxylic acids is 2. The van der Waals surface area contributed by atoms with Gasteiger partial charge in [0.05, 0.1) is 16.8 Å². The molecule has 0 atom stereocenters. The molecule has 1 aliphatic rings. The summed E-state index contributed by atoms with van der Waals surface area (Å²) < 4.78 is 29.6. The van der Waals surface area contributed by atoms with Crippen LogP contribution in [0.25, 0.3) is 0 Å². The van der Waals surface area contributed by atoms with Crippen LogP contribution in [0.2, 0.25) is 0 Å². The number of hydrogen-bond donors (Lipinski definition) is 2. The van der Waals surface area contributed by atoms with Crippen LogP contribution in [0.1, 0.15) is 25.6 Å². The molecule has 142 valence electrons. The van der Waals surface area contributed by atoms with Gasteiger partial charge >= 0.3 is 0 Å². The highest BCUT2D eigenvalue weighted by atomic mass is 32.2. The van der Waals surface area contributed by atoms with Crippen LogP contribution < -0.4 is 10.6 Å². The zero-order valence-corrected chi connectivity index (χ0v) is 15.9. The van der Waals surface area contributed by atoms with Gasteiger partial charge in [0.25, 0.3) is 11.8 Å². The molecule has 0 fully saturated rings. The molecule has 28 heavy (non-hydrogen) atoms. The second-order valence-corrected chi connectivity index (χ2v) is 8.00. The van der Waals surface area contributed by atoms with E-state index in [1.807, 2.05) is 0 Å². The summed E-state index contributed by atoms with van der Waals surface area (Å²) in [7, 11) is 0. The number of halogens is 2. The number of anilines is 1. The SMILES string of the molecule is O=C1Nc2c(cc(F)c(C(=O)NCCc3cncs3)c2F)Sc2ccccc21. The van der Waals surface area contributed by atoms with E-state index >= 15 is 4.39 Å². The van der Waals surface area contributed by atoms with Gasteiger partial charge in [-0.25, -0.2) is 8.78 Å². The molecular weight excluding hydrogens is 404 g/mol. The van der Waals surface area contributed by atoms with Crippen LogP contribution in [0.4, 0.5) is 14.5 Å². The van der Waals surface area contributed by atoms with Crippen LogP contribution in [-0.4, -0.2) is 23.3 Å². The first-order valence-electron chi connectivity index (χ1n) is 8.30. The van der Waals surface area contributed by atoms with Crippen molar-refractivity contribution in [1.29, 1.82) is 0 Å². The third-order valence-electron chi connectivity index (χ3n) is 4.14. The second-order valence-electron chi connectivity index (χ2n) is 5.95. The first-order chi connectivity index (χ1) is 13.5. The van der Waals surface area contributed by atoms with E-state index in [1.54, 1.807) is 36.0 Å². The number of nitrogens with zero attached hydrogens (tertiary/aromatic N) is 1. The van der Waals surface area contributed by atoms with Crippen LogP contribution in [0, 0.1) is 11.6 Å². The summed E-state index contributed by atoms with van der Waals surface area (Å²) in [6, 6.07) is 7.80. The highest BCUT2D eigenvalue weighted by Crippen LogP contribution is 2.41. The molecule has 0 saturated heterocycles. The summed E-state index contributed by atoms with van der Waals surface area (Å²) in [5, 5.41) is 4.97. The first-order valence-corrected chi connectivity index (χ1v) is 10.00. The van der Waals surface area contributed by atoms with Gasteiger partial charge in [0, 0.05) is 33.8 Å². The molecule has 1 aromatic heterocycles. The zero-order chi connectivity index (χ0) is 19.7. The number of carbonyl (C=O) groups is 2. The van der Waals surface area contributed by atoms with Crippen LogP contribution >= 0.6 is 23.1 Å². The average molecular weight is 417 g/mol. The van der Waals surface area contributed by atoms with Crippen molar-refractivity contribution in [2.24, 2.45) is 0 Å². The Morgan fingerprint density at radius 2 is 2.04 bits per heavy atom. The van der Waals surface area contributed by atoms with Crippen molar-refractivity contribution in [3.05, 3.63) is 69.7 Å². The average Bonchev–Trinajstić information content (AvgIpc) is 3.13. The predicted molar refractivity (Wildman–Crippen MR) is 103 cm³/mol. The monoisotopic (exact) mass is 417 g/mol. The van der Waals surface area contributed by atoms with Crippen LogP contribution in [0.5, 0.6) is 0 Å². The number of aromatic nitrogens is 1. The molecule has 0 aliphatic carbocycles. The number of rotatable bonds is 4. The minimum absolute atomic E-state index is 0.194. The van der Waals surface area contributed by atoms with Crippen molar-refractivity contribution in [2.45, 2.75) is 16.2 Å². The van der Waals surface area contributed by atoms with Gasteiger partial charge in [-0.1, -0.05) is 23.9 Å². The Labute approximate surface area is 167 Å². The predicted octanol–water partition coefficient (Wildman–Crippen LogP) is 4.11. The molecule has 5 nitrogen and oxygen atoms in total. The van der Waals surface area contributed by atoms with Crippen molar-refractivity contribution in [1.82, 2.24) is 10.3 Å². The standard InChI is InChI=1S/C19H13F2N3O2S2/c20-12-7-14-17(24-18(25)11-3-1-2-4-13(11)28-14)16(21)15(12)19(26)23-6-5-10-8-22-9-27-10/h1-4,7-9H,5-6H2,(H,23,26)(H,24,25). The topological polar surface area (TPSA) is 71.1 Å². The third-order valence-corrected chi connectivity index (χ3v) is 6.10. The van der Waals surface area contributed by atoms with Gasteiger partial charge in [-0.15, -0.1) is 11.3 Å². The number of amides is 2. The minimum atomic E-state index is -1.08. The Morgan fingerprint density at radius 3 is 2.82 bits per heavy atom. The molecule has 2 heterocycles. The van der Waals surface area contributed by atoms with Crippen molar-refractivity contribution < 1.29 is 18.4 Å².